The lowest BCUT2D eigenvalue weighted by Crippen LogP contribution is -2.52. The second-order valence-electron chi connectivity index (χ2n) is 5.41. The van der Waals surface area contributed by atoms with Crippen molar-refractivity contribution in [3.05, 3.63) is 28.7 Å². The molecule has 1 aromatic rings. The van der Waals surface area contributed by atoms with Gasteiger partial charge in [0.2, 0.25) is 5.91 Å². The zero-order valence-corrected chi connectivity index (χ0v) is 12.8. The molecule has 0 radical (unpaired) electrons. The fourth-order valence-electron chi connectivity index (χ4n) is 2.44. The number of carbonyl (C=O) groups excluding carboxylic acids is 1. The lowest BCUT2D eigenvalue weighted by molar-refractivity contribution is -0.121. The molecule has 1 saturated heterocycles. The van der Waals surface area contributed by atoms with Crippen LogP contribution in [0.15, 0.2) is 28.7 Å². The van der Waals surface area contributed by atoms with E-state index in [1.54, 1.807) is 4.90 Å². The normalized spacial score (nSPS) is 23.3. The van der Waals surface area contributed by atoms with Crippen LogP contribution in [0, 0.1) is 0 Å². The van der Waals surface area contributed by atoms with Crippen molar-refractivity contribution in [1.29, 1.82) is 0 Å². The number of aliphatic hydroxyl groups is 1. The lowest BCUT2D eigenvalue weighted by atomic mass is 9.97. The Morgan fingerprint density at radius 2 is 2.26 bits per heavy atom. The van der Waals surface area contributed by atoms with Crippen LogP contribution in [0.1, 0.15) is 20.3 Å². The summed E-state index contributed by atoms with van der Waals surface area (Å²) in [4.78, 5) is 14.4. The highest BCUT2D eigenvalue weighted by molar-refractivity contribution is 9.10. The third-order valence-corrected chi connectivity index (χ3v) is 3.99. The summed E-state index contributed by atoms with van der Waals surface area (Å²) in [6.45, 7) is 4.63. The van der Waals surface area contributed by atoms with E-state index in [4.69, 9.17) is 0 Å². The van der Waals surface area contributed by atoms with Crippen LogP contribution in [0.25, 0.3) is 0 Å². The third-order valence-electron chi connectivity index (χ3n) is 3.50. The Balaban J connectivity index is 2.44. The number of rotatable bonds is 2. The first-order valence-corrected chi connectivity index (χ1v) is 7.19. The molecule has 0 bridgehead atoms. The van der Waals surface area contributed by atoms with Gasteiger partial charge in [0.05, 0.1) is 6.61 Å². The summed E-state index contributed by atoms with van der Waals surface area (Å²) in [7, 11) is 0. The van der Waals surface area contributed by atoms with Gasteiger partial charge in [0.25, 0.3) is 0 Å². The molecule has 1 unspecified atom stereocenters. The molecule has 2 rings (SSSR count). The summed E-state index contributed by atoms with van der Waals surface area (Å²) in [6, 6.07) is 7.17. The summed E-state index contributed by atoms with van der Waals surface area (Å²) in [6.07, 6.45) is 0.835. The summed E-state index contributed by atoms with van der Waals surface area (Å²) in [5, 5.41) is 12.5. The van der Waals surface area contributed by atoms with Gasteiger partial charge in [-0.1, -0.05) is 22.0 Å². The van der Waals surface area contributed by atoms with Crippen LogP contribution in [-0.4, -0.2) is 35.7 Å². The van der Waals surface area contributed by atoms with Crippen molar-refractivity contribution < 1.29 is 9.90 Å². The van der Waals surface area contributed by atoms with E-state index in [1.165, 1.54) is 0 Å². The topological polar surface area (TPSA) is 52.6 Å². The molecule has 4 nitrogen and oxygen atoms in total. The van der Waals surface area contributed by atoms with Gasteiger partial charge in [-0.2, -0.15) is 0 Å². The second kappa shape index (κ2) is 5.61. The van der Waals surface area contributed by atoms with Crippen LogP contribution in [0.2, 0.25) is 0 Å². The molecule has 19 heavy (non-hydrogen) atoms. The first-order valence-electron chi connectivity index (χ1n) is 6.39. The van der Waals surface area contributed by atoms with Gasteiger partial charge in [0.1, 0.15) is 6.04 Å². The minimum Gasteiger partial charge on any atom is -0.394 e. The SMILES string of the molecule is CC1(C)CCNC(CO)C(=O)N1c1cccc(Br)c1. The largest absolute Gasteiger partial charge is 0.394 e. The van der Waals surface area contributed by atoms with Crippen molar-refractivity contribution in [1.82, 2.24) is 5.32 Å². The summed E-state index contributed by atoms with van der Waals surface area (Å²) in [5.41, 5.74) is 0.570. The summed E-state index contributed by atoms with van der Waals surface area (Å²) >= 11 is 3.43. The highest BCUT2D eigenvalue weighted by Crippen LogP contribution is 2.30. The molecule has 5 heteroatoms. The molecule has 1 atom stereocenters. The molecule has 1 heterocycles. The fourth-order valence-corrected chi connectivity index (χ4v) is 2.83. The molecule has 104 valence electrons. The Bertz CT molecular complexity index is 476. The van der Waals surface area contributed by atoms with E-state index < -0.39 is 6.04 Å². The van der Waals surface area contributed by atoms with E-state index in [0.717, 1.165) is 16.6 Å². The zero-order chi connectivity index (χ0) is 14.0. The molecule has 1 aromatic carbocycles. The zero-order valence-electron chi connectivity index (χ0n) is 11.2. The molecule has 0 spiro atoms. The summed E-state index contributed by atoms with van der Waals surface area (Å²) in [5.74, 6) is -0.0805. The predicted octanol–water partition coefficient (Wildman–Crippen LogP) is 1.91. The Hall–Kier alpha value is -0.910. The molecule has 1 amide bonds. The van der Waals surface area contributed by atoms with Gasteiger partial charge in [-0.05, 0) is 45.0 Å². The smallest absolute Gasteiger partial charge is 0.246 e. The number of carbonyl (C=O) groups is 1. The van der Waals surface area contributed by atoms with Crippen molar-refractivity contribution in [3.63, 3.8) is 0 Å². The van der Waals surface area contributed by atoms with Crippen LogP contribution < -0.4 is 10.2 Å². The molecule has 1 fully saturated rings. The van der Waals surface area contributed by atoms with Gasteiger partial charge in [-0.25, -0.2) is 0 Å². The number of halogens is 1. The number of nitrogens with zero attached hydrogens (tertiary/aromatic N) is 1. The van der Waals surface area contributed by atoms with E-state index in [2.05, 4.69) is 21.2 Å². The fraction of sp³-hybridized carbons (Fsp3) is 0.500. The van der Waals surface area contributed by atoms with E-state index >= 15 is 0 Å². The number of amides is 1. The Kier molecular flexibility index (Phi) is 4.28. The Labute approximate surface area is 121 Å². The van der Waals surface area contributed by atoms with Gasteiger partial charge in [-0.15, -0.1) is 0 Å². The maximum absolute atomic E-state index is 12.6. The Morgan fingerprint density at radius 3 is 2.89 bits per heavy atom. The van der Waals surface area contributed by atoms with Crippen LogP contribution in [0.5, 0.6) is 0 Å². The molecule has 0 aromatic heterocycles. The molecular weight excluding hydrogens is 308 g/mol. The number of anilines is 1. The molecular formula is C14H19BrN2O2. The van der Waals surface area contributed by atoms with E-state index in [0.29, 0.717) is 6.54 Å². The van der Waals surface area contributed by atoms with E-state index in [-0.39, 0.29) is 18.1 Å². The van der Waals surface area contributed by atoms with Crippen molar-refractivity contribution in [2.45, 2.75) is 31.8 Å². The van der Waals surface area contributed by atoms with Crippen molar-refractivity contribution in [3.8, 4) is 0 Å². The molecule has 1 aliphatic rings. The first-order chi connectivity index (χ1) is 8.95. The van der Waals surface area contributed by atoms with Gasteiger partial charge >= 0.3 is 0 Å². The maximum Gasteiger partial charge on any atom is 0.246 e. The standard InChI is InChI=1S/C14H19BrN2O2/c1-14(2)6-7-16-12(9-18)13(19)17(14)11-5-3-4-10(15)8-11/h3-5,8,12,16,18H,6-7,9H2,1-2H3. The molecule has 1 aliphatic heterocycles. The molecule has 0 aliphatic carbocycles. The molecule has 0 saturated carbocycles. The van der Waals surface area contributed by atoms with Gasteiger partial charge in [-0.3, -0.25) is 4.79 Å². The average Bonchev–Trinajstić information content (AvgIpc) is 2.44. The molecule has 2 N–H and O–H groups in total. The van der Waals surface area contributed by atoms with Gasteiger partial charge in [0, 0.05) is 15.7 Å². The maximum atomic E-state index is 12.6. The lowest BCUT2D eigenvalue weighted by Gasteiger charge is -2.37. The number of hydrogen-bond acceptors (Lipinski definition) is 3. The van der Waals surface area contributed by atoms with Crippen molar-refractivity contribution in [2.75, 3.05) is 18.1 Å². The quantitative estimate of drug-likeness (QED) is 0.873. The van der Waals surface area contributed by atoms with Crippen LogP contribution >= 0.6 is 15.9 Å². The van der Waals surface area contributed by atoms with Crippen LogP contribution in [-0.2, 0) is 4.79 Å². The van der Waals surface area contributed by atoms with E-state index in [1.807, 2.05) is 38.1 Å². The van der Waals surface area contributed by atoms with Crippen LogP contribution in [0.4, 0.5) is 5.69 Å². The van der Waals surface area contributed by atoms with Crippen LogP contribution in [0.3, 0.4) is 0 Å². The van der Waals surface area contributed by atoms with Gasteiger partial charge < -0.3 is 15.3 Å². The highest BCUT2D eigenvalue weighted by Gasteiger charge is 2.38. The summed E-state index contributed by atoms with van der Waals surface area (Å²) < 4.78 is 0.936. The first kappa shape index (κ1) is 14.5. The third kappa shape index (κ3) is 2.99. The van der Waals surface area contributed by atoms with Gasteiger partial charge in [0.15, 0.2) is 0 Å². The monoisotopic (exact) mass is 326 g/mol. The average molecular weight is 327 g/mol. The second-order valence-corrected chi connectivity index (χ2v) is 6.32. The number of benzene rings is 1. The van der Waals surface area contributed by atoms with Crippen molar-refractivity contribution >= 4 is 27.5 Å². The number of aliphatic hydroxyl groups excluding tert-OH is 1. The predicted molar refractivity (Wildman–Crippen MR) is 79.2 cm³/mol. The minimum absolute atomic E-state index is 0.0805. The highest BCUT2D eigenvalue weighted by atomic mass is 79.9. The number of hydrogen-bond donors (Lipinski definition) is 2. The number of nitrogens with one attached hydrogen (secondary N) is 1. The Morgan fingerprint density at radius 1 is 1.53 bits per heavy atom. The van der Waals surface area contributed by atoms with Crippen molar-refractivity contribution in [2.24, 2.45) is 0 Å². The minimum atomic E-state index is -0.527. The van der Waals surface area contributed by atoms with E-state index in [9.17, 15) is 9.90 Å².